The Balaban J connectivity index is 2.53. The maximum Gasteiger partial charge on any atom is 0.133 e. The van der Waals surface area contributed by atoms with Gasteiger partial charge in [0.05, 0.1) is 23.5 Å². The number of hydrogen-bond donors (Lipinski definition) is 0. The van der Waals surface area contributed by atoms with Crippen molar-refractivity contribution < 1.29 is 13.9 Å². The van der Waals surface area contributed by atoms with Crippen LogP contribution in [0.25, 0.3) is 0 Å². The highest BCUT2D eigenvalue weighted by Crippen LogP contribution is 2.42. The molecule has 0 N–H and O–H groups in total. The van der Waals surface area contributed by atoms with Crippen molar-refractivity contribution in [1.82, 2.24) is 0 Å². The molecular weight excluding hydrogens is 391 g/mol. The predicted molar refractivity (Wildman–Crippen MR) is 84.4 cm³/mol. The average Bonchev–Trinajstić information content (AvgIpc) is 2.46. The van der Waals surface area contributed by atoms with Crippen LogP contribution in [0, 0.1) is 5.82 Å². The number of hydrogen-bond acceptors (Lipinski definition) is 2. The zero-order chi connectivity index (χ0) is 14.7. The van der Waals surface area contributed by atoms with Crippen LogP contribution in [-0.4, -0.2) is 14.2 Å². The Labute approximate surface area is 134 Å². The second-order valence-corrected chi connectivity index (χ2v) is 5.88. The van der Waals surface area contributed by atoms with Crippen LogP contribution in [0.15, 0.2) is 40.9 Å². The van der Waals surface area contributed by atoms with Crippen LogP contribution in [0.3, 0.4) is 0 Å². The summed E-state index contributed by atoms with van der Waals surface area (Å²) in [5.41, 5.74) is 1.35. The van der Waals surface area contributed by atoms with Gasteiger partial charge in [0.1, 0.15) is 17.3 Å². The highest BCUT2D eigenvalue weighted by molar-refractivity contribution is 9.10. The number of rotatable bonds is 4. The lowest BCUT2D eigenvalue weighted by molar-refractivity contribution is 0.397. The molecule has 0 aliphatic heterocycles. The van der Waals surface area contributed by atoms with Crippen LogP contribution < -0.4 is 9.47 Å². The molecule has 20 heavy (non-hydrogen) atoms. The fraction of sp³-hybridized carbons (Fsp3) is 0.200. The summed E-state index contributed by atoms with van der Waals surface area (Å²) in [6.45, 7) is 0. The third-order valence-corrected chi connectivity index (χ3v) is 4.56. The van der Waals surface area contributed by atoms with Gasteiger partial charge in [-0.15, -0.1) is 0 Å². The molecule has 0 spiro atoms. The summed E-state index contributed by atoms with van der Waals surface area (Å²) < 4.78 is 25.4. The van der Waals surface area contributed by atoms with E-state index in [1.165, 1.54) is 6.07 Å². The van der Waals surface area contributed by atoms with Gasteiger partial charge < -0.3 is 9.47 Å². The molecule has 0 aromatic heterocycles. The standard InChI is InChI=1S/C15H13Br2FO2/c1-19-13-8-11(16)14(20-2)7-10(13)15(17)9-5-3-4-6-12(9)18/h3-8,15H,1-2H3. The molecule has 1 unspecified atom stereocenters. The number of ether oxygens (including phenoxy) is 2. The maximum absolute atomic E-state index is 13.9. The molecule has 0 radical (unpaired) electrons. The Morgan fingerprint density at radius 1 is 1.00 bits per heavy atom. The fourth-order valence-electron chi connectivity index (χ4n) is 1.93. The Hall–Kier alpha value is -1.07. The van der Waals surface area contributed by atoms with Gasteiger partial charge >= 0.3 is 0 Å². The van der Waals surface area contributed by atoms with Gasteiger partial charge in [-0.2, -0.15) is 0 Å². The van der Waals surface area contributed by atoms with Crippen molar-refractivity contribution in [3.05, 3.63) is 57.8 Å². The molecule has 2 nitrogen and oxygen atoms in total. The summed E-state index contributed by atoms with van der Waals surface area (Å²) in [6, 6.07) is 10.3. The van der Waals surface area contributed by atoms with Crippen LogP contribution >= 0.6 is 31.9 Å². The van der Waals surface area contributed by atoms with Crippen LogP contribution in [-0.2, 0) is 0 Å². The van der Waals surface area contributed by atoms with Crippen LogP contribution in [0.5, 0.6) is 11.5 Å². The van der Waals surface area contributed by atoms with Gasteiger partial charge in [0.25, 0.3) is 0 Å². The van der Waals surface area contributed by atoms with Crippen molar-refractivity contribution in [3.8, 4) is 11.5 Å². The first-order chi connectivity index (χ1) is 9.58. The van der Waals surface area contributed by atoms with E-state index in [0.29, 0.717) is 17.1 Å². The van der Waals surface area contributed by atoms with Crippen LogP contribution in [0.2, 0.25) is 0 Å². The summed E-state index contributed by atoms with van der Waals surface area (Å²) in [5.74, 6) is 1.06. The molecule has 0 saturated heterocycles. The van der Waals surface area contributed by atoms with E-state index in [1.54, 1.807) is 32.4 Å². The topological polar surface area (TPSA) is 18.5 Å². The highest BCUT2D eigenvalue weighted by atomic mass is 79.9. The molecule has 0 saturated carbocycles. The lowest BCUT2D eigenvalue weighted by atomic mass is 10.0. The third kappa shape index (κ3) is 2.99. The first kappa shape index (κ1) is 15.3. The SMILES string of the molecule is COc1cc(C(Br)c2ccccc2F)c(OC)cc1Br. The average molecular weight is 404 g/mol. The molecule has 2 aromatic carbocycles. The maximum atomic E-state index is 13.9. The minimum Gasteiger partial charge on any atom is -0.496 e. The summed E-state index contributed by atoms with van der Waals surface area (Å²) >= 11 is 6.94. The van der Waals surface area contributed by atoms with Crippen LogP contribution in [0.4, 0.5) is 4.39 Å². The first-order valence-electron chi connectivity index (χ1n) is 5.88. The van der Waals surface area contributed by atoms with Gasteiger partial charge in [-0.3, -0.25) is 0 Å². The van der Waals surface area contributed by atoms with E-state index < -0.39 is 0 Å². The van der Waals surface area contributed by atoms with Crippen molar-refractivity contribution in [2.45, 2.75) is 4.83 Å². The fourth-order valence-corrected chi connectivity index (χ4v) is 3.14. The van der Waals surface area contributed by atoms with Gasteiger partial charge in [-0.25, -0.2) is 4.39 Å². The molecule has 0 amide bonds. The van der Waals surface area contributed by atoms with Crippen molar-refractivity contribution >= 4 is 31.9 Å². The molecule has 0 aliphatic rings. The van der Waals surface area contributed by atoms with Crippen molar-refractivity contribution in [2.75, 3.05) is 14.2 Å². The van der Waals surface area contributed by atoms with Gasteiger partial charge in [-0.05, 0) is 34.1 Å². The lowest BCUT2D eigenvalue weighted by Gasteiger charge is -2.17. The number of alkyl halides is 1. The highest BCUT2D eigenvalue weighted by Gasteiger charge is 2.20. The Morgan fingerprint density at radius 2 is 1.65 bits per heavy atom. The quantitative estimate of drug-likeness (QED) is 0.662. The van der Waals surface area contributed by atoms with Crippen molar-refractivity contribution in [2.24, 2.45) is 0 Å². The third-order valence-electron chi connectivity index (χ3n) is 2.96. The smallest absolute Gasteiger partial charge is 0.133 e. The summed E-state index contributed by atoms with van der Waals surface area (Å²) in [4.78, 5) is -0.319. The van der Waals surface area contributed by atoms with Gasteiger partial charge in [0, 0.05) is 11.1 Å². The summed E-state index contributed by atoms with van der Waals surface area (Å²) in [6.07, 6.45) is 0. The van der Waals surface area contributed by atoms with E-state index in [4.69, 9.17) is 9.47 Å². The molecule has 0 fully saturated rings. The Bertz CT molecular complexity index is 617. The molecule has 0 heterocycles. The molecule has 2 aromatic rings. The predicted octanol–water partition coefficient (Wildman–Crippen LogP) is 5.09. The monoisotopic (exact) mass is 402 g/mol. The molecule has 2 rings (SSSR count). The zero-order valence-corrected chi connectivity index (χ0v) is 14.2. The van der Waals surface area contributed by atoms with Crippen LogP contribution in [0.1, 0.15) is 16.0 Å². The molecule has 5 heteroatoms. The molecule has 1 atom stereocenters. The summed E-state index contributed by atoms with van der Waals surface area (Å²) in [5, 5.41) is 0. The Morgan fingerprint density at radius 3 is 2.25 bits per heavy atom. The van der Waals surface area contributed by atoms with E-state index in [1.807, 2.05) is 12.1 Å². The molecule has 0 aliphatic carbocycles. The summed E-state index contributed by atoms with van der Waals surface area (Å²) in [7, 11) is 3.17. The molecule has 0 bridgehead atoms. The van der Waals surface area contributed by atoms with Gasteiger partial charge in [-0.1, -0.05) is 34.1 Å². The molecular formula is C15H13Br2FO2. The minimum absolute atomic E-state index is 0.265. The van der Waals surface area contributed by atoms with E-state index in [2.05, 4.69) is 31.9 Å². The first-order valence-corrected chi connectivity index (χ1v) is 7.59. The van der Waals surface area contributed by atoms with E-state index >= 15 is 0 Å². The molecule has 106 valence electrons. The second-order valence-electron chi connectivity index (χ2n) is 4.11. The lowest BCUT2D eigenvalue weighted by Crippen LogP contribution is -2.01. The number of methoxy groups -OCH3 is 2. The normalized spacial score (nSPS) is 12.1. The van der Waals surface area contributed by atoms with Crippen molar-refractivity contribution in [3.63, 3.8) is 0 Å². The zero-order valence-electron chi connectivity index (χ0n) is 11.0. The van der Waals surface area contributed by atoms with Crippen molar-refractivity contribution in [1.29, 1.82) is 0 Å². The van der Waals surface area contributed by atoms with E-state index in [9.17, 15) is 4.39 Å². The largest absolute Gasteiger partial charge is 0.496 e. The number of halogens is 3. The number of benzene rings is 2. The van der Waals surface area contributed by atoms with Gasteiger partial charge in [0.2, 0.25) is 0 Å². The second kappa shape index (κ2) is 6.59. The Kier molecular flexibility index (Phi) is 5.05. The van der Waals surface area contributed by atoms with Gasteiger partial charge in [0.15, 0.2) is 0 Å². The minimum atomic E-state index is -0.319. The van der Waals surface area contributed by atoms with E-state index in [0.717, 1.165) is 10.0 Å². The van der Waals surface area contributed by atoms with E-state index in [-0.39, 0.29) is 10.6 Å².